The van der Waals surface area contributed by atoms with Gasteiger partial charge in [0.2, 0.25) is 0 Å². The van der Waals surface area contributed by atoms with Crippen LogP contribution in [0.4, 0.5) is 0 Å². The van der Waals surface area contributed by atoms with Crippen molar-refractivity contribution in [1.29, 1.82) is 0 Å². The van der Waals surface area contributed by atoms with E-state index in [1.807, 2.05) is 12.1 Å². The van der Waals surface area contributed by atoms with E-state index in [4.69, 9.17) is 4.74 Å². The lowest BCUT2D eigenvalue weighted by Gasteiger charge is -2.12. The fourth-order valence-electron chi connectivity index (χ4n) is 1.32. The van der Waals surface area contributed by atoms with Crippen LogP contribution in [-0.4, -0.2) is 5.11 Å². The molecule has 0 aliphatic heterocycles. The first-order chi connectivity index (χ1) is 8.90. The molecule has 0 atom stereocenters. The van der Waals surface area contributed by atoms with Gasteiger partial charge in [0.15, 0.2) is 11.5 Å². The second kappa shape index (κ2) is 6.47. The molecule has 0 bridgehead atoms. The Bertz CT molecular complexity index is 643. The predicted octanol–water partition coefficient (Wildman–Crippen LogP) is 7.00. The topological polar surface area (TPSA) is 29.5 Å². The molecule has 0 spiro atoms. The molecular formula is C12H5Br5O2. The van der Waals surface area contributed by atoms with Crippen LogP contribution in [0.25, 0.3) is 0 Å². The Labute approximate surface area is 152 Å². The molecule has 0 unspecified atom stereocenters. The predicted molar refractivity (Wildman–Crippen MR) is 93.1 cm³/mol. The van der Waals surface area contributed by atoms with Gasteiger partial charge in [0.05, 0.1) is 8.95 Å². The van der Waals surface area contributed by atoms with Crippen LogP contribution in [0.2, 0.25) is 0 Å². The molecule has 0 aromatic heterocycles. The second-order valence-electron chi connectivity index (χ2n) is 3.51. The first kappa shape index (κ1) is 15.8. The van der Waals surface area contributed by atoms with Gasteiger partial charge in [-0.1, -0.05) is 15.9 Å². The van der Waals surface area contributed by atoms with Crippen molar-refractivity contribution >= 4 is 79.6 Å². The Morgan fingerprint density at radius 2 is 1.47 bits per heavy atom. The number of benzene rings is 2. The summed E-state index contributed by atoms with van der Waals surface area (Å²) in [6.07, 6.45) is 0. The average Bonchev–Trinajstić information content (AvgIpc) is 2.36. The number of phenolic OH excluding ortho intramolecular Hbond substituents is 1. The molecule has 0 saturated heterocycles. The van der Waals surface area contributed by atoms with Crippen molar-refractivity contribution in [2.24, 2.45) is 0 Å². The first-order valence-electron chi connectivity index (χ1n) is 4.89. The maximum Gasteiger partial charge on any atom is 0.174 e. The van der Waals surface area contributed by atoms with E-state index in [1.165, 1.54) is 0 Å². The molecule has 19 heavy (non-hydrogen) atoms. The number of aromatic hydroxyl groups is 1. The maximum absolute atomic E-state index is 10.1. The molecule has 0 fully saturated rings. The summed E-state index contributed by atoms with van der Waals surface area (Å²) < 4.78 is 9.48. The molecule has 0 heterocycles. The summed E-state index contributed by atoms with van der Waals surface area (Å²) in [5, 5.41) is 10.1. The molecule has 2 rings (SSSR count). The van der Waals surface area contributed by atoms with Gasteiger partial charge < -0.3 is 9.84 Å². The lowest BCUT2D eigenvalue weighted by Crippen LogP contribution is -1.88. The van der Waals surface area contributed by atoms with Crippen molar-refractivity contribution in [2.45, 2.75) is 0 Å². The largest absolute Gasteiger partial charge is 0.503 e. The molecule has 2 aromatic rings. The Balaban J connectivity index is 2.44. The van der Waals surface area contributed by atoms with Gasteiger partial charge in [-0.05, 0) is 81.9 Å². The fourth-order valence-corrected chi connectivity index (χ4v) is 3.83. The fraction of sp³-hybridized carbons (Fsp3) is 0. The van der Waals surface area contributed by atoms with Crippen LogP contribution in [0.5, 0.6) is 17.2 Å². The average molecular weight is 581 g/mol. The van der Waals surface area contributed by atoms with Crippen LogP contribution in [0.1, 0.15) is 0 Å². The highest BCUT2D eigenvalue weighted by atomic mass is 79.9. The molecule has 0 amide bonds. The van der Waals surface area contributed by atoms with Gasteiger partial charge >= 0.3 is 0 Å². The Hall–Kier alpha value is 0.440. The zero-order valence-corrected chi connectivity index (χ0v) is 17.0. The highest BCUT2D eigenvalue weighted by Crippen LogP contribution is 2.46. The van der Waals surface area contributed by atoms with E-state index >= 15 is 0 Å². The third-order valence-electron chi connectivity index (χ3n) is 2.22. The van der Waals surface area contributed by atoms with Crippen LogP contribution in [0.15, 0.2) is 46.6 Å². The van der Waals surface area contributed by atoms with Crippen molar-refractivity contribution in [3.05, 3.63) is 46.6 Å². The monoisotopic (exact) mass is 576 g/mol. The number of rotatable bonds is 2. The van der Waals surface area contributed by atoms with E-state index in [9.17, 15) is 5.11 Å². The third-order valence-corrected chi connectivity index (χ3v) is 6.61. The summed E-state index contributed by atoms with van der Waals surface area (Å²) >= 11 is 16.8. The number of halogens is 5. The SMILES string of the molecule is Oc1c(Oc2ccc(Br)cc2Br)cc(Br)c(Br)c1Br. The molecule has 0 radical (unpaired) electrons. The van der Waals surface area contributed by atoms with E-state index < -0.39 is 0 Å². The lowest BCUT2D eigenvalue weighted by molar-refractivity contribution is 0.407. The van der Waals surface area contributed by atoms with Crippen LogP contribution in [-0.2, 0) is 0 Å². The Morgan fingerprint density at radius 3 is 2.11 bits per heavy atom. The lowest BCUT2D eigenvalue weighted by atomic mass is 10.3. The molecular weight excluding hydrogens is 576 g/mol. The van der Waals surface area contributed by atoms with Crippen molar-refractivity contribution in [3.63, 3.8) is 0 Å². The number of ether oxygens (including phenoxy) is 1. The Morgan fingerprint density at radius 1 is 0.789 bits per heavy atom. The van der Waals surface area contributed by atoms with Gasteiger partial charge in [0.25, 0.3) is 0 Å². The number of hydrogen-bond donors (Lipinski definition) is 1. The summed E-state index contributed by atoms with van der Waals surface area (Å²) in [5.74, 6) is 0.995. The number of phenols is 1. The smallest absolute Gasteiger partial charge is 0.174 e. The van der Waals surface area contributed by atoms with E-state index in [0.717, 1.165) is 17.9 Å². The zero-order chi connectivity index (χ0) is 14.2. The van der Waals surface area contributed by atoms with Crippen molar-refractivity contribution in [1.82, 2.24) is 0 Å². The molecule has 100 valence electrons. The molecule has 0 aliphatic carbocycles. The molecule has 7 heteroatoms. The quantitative estimate of drug-likeness (QED) is 0.388. The standard InChI is InChI=1S/C12H5Br5O2/c13-5-1-2-8(6(14)3-5)19-9-4-7(15)10(16)11(17)12(9)18/h1-4,18H. The molecule has 0 saturated carbocycles. The highest BCUT2D eigenvalue weighted by Gasteiger charge is 2.15. The molecule has 2 aromatic carbocycles. The second-order valence-corrected chi connectivity index (χ2v) is 7.72. The van der Waals surface area contributed by atoms with Gasteiger partial charge in [-0.25, -0.2) is 0 Å². The summed E-state index contributed by atoms with van der Waals surface area (Å²) in [7, 11) is 0. The van der Waals surface area contributed by atoms with Crippen LogP contribution >= 0.6 is 79.6 Å². The number of hydrogen-bond acceptors (Lipinski definition) is 2. The summed E-state index contributed by atoms with van der Waals surface area (Å²) in [5.41, 5.74) is 0. The summed E-state index contributed by atoms with van der Waals surface area (Å²) in [6.45, 7) is 0. The minimum atomic E-state index is 0.0323. The minimum absolute atomic E-state index is 0.0323. The van der Waals surface area contributed by atoms with Gasteiger partial charge in [0.1, 0.15) is 5.75 Å². The Kier molecular flexibility index (Phi) is 5.39. The maximum atomic E-state index is 10.1. The first-order valence-corrected chi connectivity index (χ1v) is 8.86. The van der Waals surface area contributed by atoms with Crippen LogP contribution in [0, 0.1) is 0 Å². The highest BCUT2D eigenvalue weighted by molar-refractivity contribution is 9.14. The van der Waals surface area contributed by atoms with Gasteiger partial charge in [0, 0.05) is 19.5 Å². The summed E-state index contributed by atoms with van der Waals surface area (Å²) in [4.78, 5) is 0. The van der Waals surface area contributed by atoms with Gasteiger partial charge in [-0.2, -0.15) is 0 Å². The van der Waals surface area contributed by atoms with Crippen molar-refractivity contribution in [2.75, 3.05) is 0 Å². The van der Waals surface area contributed by atoms with E-state index in [0.29, 0.717) is 16.0 Å². The molecule has 1 N–H and O–H groups in total. The van der Waals surface area contributed by atoms with Crippen molar-refractivity contribution < 1.29 is 9.84 Å². The normalized spacial score (nSPS) is 10.6. The van der Waals surface area contributed by atoms with Crippen LogP contribution < -0.4 is 4.74 Å². The van der Waals surface area contributed by atoms with Gasteiger partial charge in [-0.15, -0.1) is 0 Å². The zero-order valence-electron chi connectivity index (χ0n) is 9.05. The minimum Gasteiger partial charge on any atom is -0.503 e. The van der Waals surface area contributed by atoms with E-state index in [2.05, 4.69) is 79.6 Å². The van der Waals surface area contributed by atoms with Crippen LogP contribution in [0.3, 0.4) is 0 Å². The van der Waals surface area contributed by atoms with E-state index in [1.54, 1.807) is 12.1 Å². The van der Waals surface area contributed by atoms with Gasteiger partial charge in [-0.3, -0.25) is 0 Å². The summed E-state index contributed by atoms with van der Waals surface area (Å²) in [6, 6.07) is 7.23. The third kappa shape index (κ3) is 3.56. The molecule has 2 nitrogen and oxygen atoms in total. The van der Waals surface area contributed by atoms with Crippen molar-refractivity contribution in [3.8, 4) is 17.2 Å². The van der Waals surface area contributed by atoms with E-state index in [-0.39, 0.29) is 5.75 Å². The molecule has 0 aliphatic rings.